The maximum Gasteiger partial charge on any atom is 0.327 e. The quantitative estimate of drug-likeness (QED) is 0.506. The summed E-state index contributed by atoms with van der Waals surface area (Å²) in [5.41, 5.74) is 5.36. The first-order chi connectivity index (χ1) is 16.5. The van der Waals surface area contributed by atoms with E-state index in [1.165, 1.54) is 27.2 Å². The topological polar surface area (TPSA) is 43.9 Å². The summed E-state index contributed by atoms with van der Waals surface area (Å²) in [4.78, 5) is 31.7. The van der Waals surface area contributed by atoms with Crippen LogP contribution in [0.4, 0.5) is 4.79 Å². The van der Waals surface area contributed by atoms with Gasteiger partial charge in [0.15, 0.2) is 0 Å². The fraction of sp³-hybridized carbons (Fsp3) is 0.310. The number of amides is 3. The summed E-state index contributed by atoms with van der Waals surface area (Å²) in [6.07, 6.45) is 1.33. The highest BCUT2D eigenvalue weighted by atomic mass is 16.2. The third-order valence-corrected chi connectivity index (χ3v) is 7.42. The molecule has 5 rings (SSSR count). The molecule has 0 N–H and O–H groups in total. The van der Waals surface area contributed by atoms with Crippen molar-refractivity contribution >= 4 is 11.9 Å². The second-order valence-electron chi connectivity index (χ2n) is 9.54. The normalized spacial score (nSPS) is 18.2. The van der Waals surface area contributed by atoms with E-state index in [0.29, 0.717) is 19.4 Å². The summed E-state index contributed by atoms with van der Waals surface area (Å²) in [5.74, 6) is -0.0596. The number of likely N-dealkylation sites (N-methyl/N-ethyl adjacent to an activating group) is 1. The van der Waals surface area contributed by atoms with Gasteiger partial charge in [-0.1, -0.05) is 78.9 Å². The van der Waals surface area contributed by atoms with Gasteiger partial charge in [-0.2, -0.15) is 0 Å². The molecule has 2 heterocycles. The third kappa shape index (κ3) is 4.01. The van der Waals surface area contributed by atoms with Crippen molar-refractivity contribution < 1.29 is 9.59 Å². The van der Waals surface area contributed by atoms with Gasteiger partial charge in [0.05, 0.1) is 0 Å². The molecule has 34 heavy (non-hydrogen) atoms. The molecule has 0 aliphatic carbocycles. The molecule has 0 unspecified atom stereocenters. The van der Waals surface area contributed by atoms with Crippen LogP contribution in [0.2, 0.25) is 0 Å². The highest BCUT2D eigenvalue weighted by Gasteiger charge is 2.56. The van der Waals surface area contributed by atoms with Gasteiger partial charge >= 0.3 is 6.03 Å². The van der Waals surface area contributed by atoms with E-state index in [1.807, 2.05) is 30.3 Å². The molecule has 5 nitrogen and oxygen atoms in total. The van der Waals surface area contributed by atoms with Gasteiger partial charge in [0.2, 0.25) is 0 Å². The molecule has 3 amide bonds. The van der Waals surface area contributed by atoms with Crippen LogP contribution in [0.5, 0.6) is 0 Å². The Labute approximate surface area is 201 Å². The number of urea groups is 1. The molecule has 0 atom stereocenters. The fourth-order valence-corrected chi connectivity index (χ4v) is 5.37. The maximum absolute atomic E-state index is 13.2. The molecule has 0 bridgehead atoms. The number of nitrogens with zero attached hydrogens (tertiary/aromatic N) is 3. The lowest BCUT2D eigenvalue weighted by Gasteiger charge is -2.42. The number of carbonyl (C=O) groups is 2. The fourth-order valence-electron chi connectivity index (χ4n) is 5.37. The molecule has 5 heteroatoms. The summed E-state index contributed by atoms with van der Waals surface area (Å²) in [6.45, 7) is 5.03. The highest BCUT2D eigenvalue weighted by molar-refractivity contribution is 6.06. The van der Waals surface area contributed by atoms with Gasteiger partial charge in [0.25, 0.3) is 5.91 Å². The number of hydrogen-bond donors (Lipinski definition) is 0. The number of piperidine rings is 1. The Balaban J connectivity index is 1.27. The molecule has 2 aliphatic rings. The standard InChI is InChI=1S/C29H31N3O2/c1-22-8-6-7-11-26(22)25-14-12-24(13-15-25)20-31-18-16-29(17-19-31)27(33)30(2)28(34)32(29)21-23-9-4-3-5-10-23/h3-15H,16-21H2,1-2H3. The Hall–Kier alpha value is -3.44. The molecule has 174 valence electrons. The molecular weight excluding hydrogens is 422 g/mol. The van der Waals surface area contributed by atoms with E-state index in [2.05, 4.69) is 60.4 Å². The molecule has 2 fully saturated rings. The number of benzene rings is 3. The smallest absolute Gasteiger partial charge is 0.305 e. The van der Waals surface area contributed by atoms with Crippen molar-refractivity contribution in [2.24, 2.45) is 0 Å². The molecule has 2 aliphatic heterocycles. The number of imide groups is 1. The van der Waals surface area contributed by atoms with Crippen LogP contribution >= 0.6 is 0 Å². The van der Waals surface area contributed by atoms with Gasteiger partial charge in [-0.05, 0) is 47.6 Å². The first-order valence-electron chi connectivity index (χ1n) is 12.0. The summed E-state index contributed by atoms with van der Waals surface area (Å²) < 4.78 is 0. The minimum Gasteiger partial charge on any atom is -0.305 e. The van der Waals surface area contributed by atoms with Gasteiger partial charge in [-0.25, -0.2) is 4.79 Å². The van der Waals surface area contributed by atoms with Crippen molar-refractivity contribution in [3.63, 3.8) is 0 Å². The van der Waals surface area contributed by atoms with E-state index in [0.717, 1.165) is 25.2 Å². The van der Waals surface area contributed by atoms with Crippen LogP contribution in [0, 0.1) is 6.92 Å². The Morgan fingerprint density at radius 2 is 1.38 bits per heavy atom. The second kappa shape index (κ2) is 9.07. The minimum absolute atomic E-state index is 0.0596. The van der Waals surface area contributed by atoms with E-state index in [4.69, 9.17) is 0 Å². The van der Waals surface area contributed by atoms with Crippen molar-refractivity contribution in [3.8, 4) is 11.1 Å². The van der Waals surface area contributed by atoms with Crippen LogP contribution in [0.3, 0.4) is 0 Å². The average Bonchev–Trinajstić information content (AvgIpc) is 3.03. The van der Waals surface area contributed by atoms with E-state index in [1.54, 1.807) is 11.9 Å². The molecule has 3 aromatic carbocycles. The van der Waals surface area contributed by atoms with Crippen molar-refractivity contribution in [3.05, 3.63) is 95.6 Å². The third-order valence-electron chi connectivity index (χ3n) is 7.42. The zero-order chi connectivity index (χ0) is 23.7. The Kier molecular flexibility index (Phi) is 5.96. The predicted molar refractivity (Wildman–Crippen MR) is 134 cm³/mol. The summed E-state index contributed by atoms with van der Waals surface area (Å²) >= 11 is 0. The number of likely N-dealkylation sites (tertiary alicyclic amines) is 1. The molecule has 0 aromatic heterocycles. The lowest BCUT2D eigenvalue weighted by Crippen LogP contribution is -2.56. The first kappa shape index (κ1) is 22.4. The Morgan fingerprint density at radius 1 is 0.765 bits per heavy atom. The van der Waals surface area contributed by atoms with Crippen molar-refractivity contribution in [1.29, 1.82) is 0 Å². The highest BCUT2D eigenvalue weighted by Crippen LogP contribution is 2.38. The van der Waals surface area contributed by atoms with E-state index < -0.39 is 5.54 Å². The monoisotopic (exact) mass is 453 g/mol. The second-order valence-corrected chi connectivity index (χ2v) is 9.54. The van der Waals surface area contributed by atoms with Crippen molar-refractivity contribution in [2.45, 2.75) is 38.4 Å². The van der Waals surface area contributed by atoms with E-state index >= 15 is 0 Å². The van der Waals surface area contributed by atoms with E-state index in [9.17, 15) is 9.59 Å². The van der Waals surface area contributed by atoms with Gasteiger partial charge in [-0.3, -0.25) is 14.6 Å². The zero-order valence-corrected chi connectivity index (χ0v) is 19.9. The molecule has 2 saturated heterocycles. The number of rotatable bonds is 5. The Morgan fingerprint density at radius 3 is 2.06 bits per heavy atom. The van der Waals surface area contributed by atoms with Crippen LogP contribution < -0.4 is 0 Å². The number of aryl methyl sites for hydroxylation is 1. The molecule has 3 aromatic rings. The number of carbonyl (C=O) groups excluding carboxylic acids is 2. The number of hydrogen-bond acceptors (Lipinski definition) is 3. The van der Waals surface area contributed by atoms with Crippen molar-refractivity contribution in [2.75, 3.05) is 20.1 Å². The lowest BCUT2D eigenvalue weighted by molar-refractivity contribution is -0.135. The largest absolute Gasteiger partial charge is 0.327 e. The van der Waals surface area contributed by atoms with Crippen LogP contribution in [0.1, 0.15) is 29.5 Å². The van der Waals surface area contributed by atoms with Gasteiger partial charge in [0.1, 0.15) is 5.54 Å². The van der Waals surface area contributed by atoms with E-state index in [-0.39, 0.29) is 11.9 Å². The zero-order valence-electron chi connectivity index (χ0n) is 19.9. The predicted octanol–water partition coefficient (Wildman–Crippen LogP) is 5.09. The van der Waals surface area contributed by atoms with Crippen LogP contribution in [-0.2, 0) is 17.9 Å². The van der Waals surface area contributed by atoms with Gasteiger partial charge in [0, 0.05) is 33.2 Å². The van der Waals surface area contributed by atoms with Gasteiger partial charge < -0.3 is 4.90 Å². The molecule has 0 radical (unpaired) electrons. The van der Waals surface area contributed by atoms with Crippen molar-refractivity contribution in [1.82, 2.24) is 14.7 Å². The summed E-state index contributed by atoms with van der Waals surface area (Å²) in [6, 6.07) is 27.0. The van der Waals surface area contributed by atoms with Crippen LogP contribution in [0.25, 0.3) is 11.1 Å². The SMILES string of the molecule is Cc1ccccc1-c1ccc(CN2CCC3(CC2)C(=O)N(C)C(=O)N3Cc2ccccc2)cc1. The van der Waals surface area contributed by atoms with Crippen LogP contribution in [0.15, 0.2) is 78.9 Å². The van der Waals surface area contributed by atoms with Gasteiger partial charge in [-0.15, -0.1) is 0 Å². The molecule has 0 saturated carbocycles. The molecule has 1 spiro atoms. The minimum atomic E-state index is -0.729. The lowest BCUT2D eigenvalue weighted by atomic mass is 9.85. The Bertz CT molecular complexity index is 1180. The first-order valence-corrected chi connectivity index (χ1v) is 12.0. The molecular formula is C29H31N3O2. The van der Waals surface area contributed by atoms with Crippen LogP contribution in [-0.4, -0.2) is 52.3 Å². The average molecular weight is 454 g/mol. The summed E-state index contributed by atoms with van der Waals surface area (Å²) in [7, 11) is 1.61. The maximum atomic E-state index is 13.2. The summed E-state index contributed by atoms with van der Waals surface area (Å²) in [5, 5.41) is 0.